The molecule has 0 radical (unpaired) electrons. The molecule has 168 valence electrons. The van der Waals surface area contributed by atoms with Gasteiger partial charge in [0.1, 0.15) is 11.4 Å². The molecule has 0 bridgehead atoms. The highest BCUT2D eigenvalue weighted by Gasteiger charge is 2.34. The van der Waals surface area contributed by atoms with E-state index in [0.29, 0.717) is 34.3 Å². The SMILES string of the molecule is C[C@@H]1[C@H](C)CCC[C@H]1N(Cc1ccc2c(c1)OCO2)C(=O)Cn1cnc2sccc2c1=O. The second-order valence-corrected chi connectivity index (χ2v) is 9.76. The summed E-state index contributed by atoms with van der Waals surface area (Å²) < 4.78 is 12.4. The van der Waals surface area contributed by atoms with Gasteiger partial charge in [0, 0.05) is 12.6 Å². The molecular formula is C24H27N3O4S. The van der Waals surface area contributed by atoms with E-state index in [1.807, 2.05) is 28.5 Å². The van der Waals surface area contributed by atoms with Crippen molar-refractivity contribution >= 4 is 27.5 Å². The number of aromatic nitrogens is 2. The Morgan fingerprint density at radius 3 is 2.94 bits per heavy atom. The standard InChI is InChI=1S/C24H27N3O4S/c1-15-4-3-5-19(16(15)2)27(11-17-6-7-20-21(10-17)31-14-30-20)22(28)12-26-13-25-23-18(24(26)29)8-9-32-23/h6-10,13,15-16,19H,3-5,11-12,14H2,1-2H3/t15-,16-,19-/m1/s1. The Hall–Kier alpha value is -2.87. The zero-order chi connectivity index (χ0) is 22.2. The molecule has 3 atom stereocenters. The first-order valence-electron chi connectivity index (χ1n) is 11.1. The van der Waals surface area contributed by atoms with Crippen LogP contribution in [-0.2, 0) is 17.9 Å². The smallest absolute Gasteiger partial charge is 0.262 e. The molecule has 1 aliphatic heterocycles. The van der Waals surface area contributed by atoms with Crippen LogP contribution in [0.15, 0.2) is 40.8 Å². The van der Waals surface area contributed by atoms with Crippen molar-refractivity contribution in [1.82, 2.24) is 14.5 Å². The zero-order valence-corrected chi connectivity index (χ0v) is 19.1. The molecule has 0 unspecified atom stereocenters. The maximum absolute atomic E-state index is 13.6. The normalized spacial score (nSPS) is 22.2. The summed E-state index contributed by atoms with van der Waals surface area (Å²) in [6.45, 7) is 5.18. The number of carbonyl (C=O) groups is 1. The van der Waals surface area contributed by atoms with E-state index in [1.165, 1.54) is 28.7 Å². The minimum atomic E-state index is -0.169. The van der Waals surface area contributed by atoms with E-state index in [9.17, 15) is 9.59 Å². The van der Waals surface area contributed by atoms with Gasteiger partial charge in [0.2, 0.25) is 12.7 Å². The Bertz CT molecular complexity index is 1200. The van der Waals surface area contributed by atoms with Crippen LogP contribution in [0.2, 0.25) is 0 Å². The lowest BCUT2D eigenvalue weighted by Crippen LogP contribution is -2.48. The molecule has 8 heteroatoms. The fraction of sp³-hybridized carbons (Fsp3) is 0.458. The van der Waals surface area contributed by atoms with E-state index in [2.05, 4.69) is 18.8 Å². The molecule has 7 nitrogen and oxygen atoms in total. The van der Waals surface area contributed by atoms with Gasteiger partial charge in [-0.25, -0.2) is 4.98 Å². The average Bonchev–Trinajstić information content (AvgIpc) is 3.45. The van der Waals surface area contributed by atoms with Crippen LogP contribution in [0.1, 0.15) is 38.7 Å². The highest BCUT2D eigenvalue weighted by atomic mass is 32.1. The Balaban J connectivity index is 1.44. The lowest BCUT2D eigenvalue weighted by molar-refractivity contribution is -0.137. The monoisotopic (exact) mass is 453 g/mol. The van der Waals surface area contributed by atoms with Gasteiger partial charge in [-0.05, 0) is 47.4 Å². The Kier molecular flexibility index (Phi) is 5.63. The summed E-state index contributed by atoms with van der Waals surface area (Å²) in [4.78, 5) is 33.5. The van der Waals surface area contributed by atoms with Crippen molar-refractivity contribution in [3.63, 3.8) is 0 Å². The van der Waals surface area contributed by atoms with Crippen LogP contribution in [0.25, 0.3) is 10.2 Å². The largest absolute Gasteiger partial charge is 0.454 e. The Morgan fingerprint density at radius 2 is 2.06 bits per heavy atom. The molecular weight excluding hydrogens is 426 g/mol. The van der Waals surface area contributed by atoms with E-state index in [-0.39, 0.29) is 30.8 Å². The van der Waals surface area contributed by atoms with Gasteiger partial charge >= 0.3 is 0 Å². The maximum Gasteiger partial charge on any atom is 0.262 e. The van der Waals surface area contributed by atoms with Gasteiger partial charge in [-0.1, -0.05) is 32.8 Å². The van der Waals surface area contributed by atoms with Crippen LogP contribution >= 0.6 is 11.3 Å². The number of ether oxygens (including phenoxy) is 2. The molecule has 32 heavy (non-hydrogen) atoms. The van der Waals surface area contributed by atoms with Crippen LogP contribution in [0.3, 0.4) is 0 Å². The number of benzene rings is 1. The van der Waals surface area contributed by atoms with Gasteiger partial charge in [0.25, 0.3) is 5.56 Å². The molecule has 3 aromatic rings. The summed E-state index contributed by atoms with van der Waals surface area (Å²) in [5.74, 6) is 2.31. The summed E-state index contributed by atoms with van der Waals surface area (Å²) in [5.41, 5.74) is 0.824. The van der Waals surface area contributed by atoms with E-state index < -0.39 is 0 Å². The third-order valence-electron chi connectivity index (χ3n) is 6.93. The second kappa shape index (κ2) is 8.58. The number of rotatable bonds is 5. The van der Waals surface area contributed by atoms with Crippen LogP contribution in [0, 0.1) is 11.8 Å². The first-order valence-corrected chi connectivity index (χ1v) is 12.0. The van der Waals surface area contributed by atoms with E-state index in [4.69, 9.17) is 9.47 Å². The number of carbonyl (C=O) groups excluding carboxylic acids is 1. The zero-order valence-electron chi connectivity index (χ0n) is 18.3. The van der Waals surface area contributed by atoms with Gasteiger partial charge in [-0.3, -0.25) is 14.2 Å². The lowest BCUT2D eigenvalue weighted by Gasteiger charge is -2.42. The quantitative estimate of drug-likeness (QED) is 0.583. The third kappa shape index (κ3) is 3.88. The van der Waals surface area contributed by atoms with Crippen molar-refractivity contribution < 1.29 is 14.3 Å². The van der Waals surface area contributed by atoms with Crippen molar-refractivity contribution in [3.05, 3.63) is 51.9 Å². The molecule has 3 heterocycles. The minimum absolute atomic E-state index is 0.0141. The fourth-order valence-electron chi connectivity index (χ4n) is 4.86. The summed E-state index contributed by atoms with van der Waals surface area (Å²) in [6, 6.07) is 7.73. The van der Waals surface area contributed by atoms with Crippen LogP contribution < -0.4 is 15.0 Å². The van der Waals surface area contributed by atoms with Gasteiger partial charge in [0.05, 0.1) is 11.7 Å². The lowest BCUT2D eigenvalue weighted by atomic mass is 9.77. The van der Waals surface area contributed by atoms with Crippen LogP contribution in [0.5, 0.6) is 11.5 Å². The summed E-state index contributed by atoms with van der Waals surface area (Å²) in [7, 11) is 0. The summed E-state index contributed by atoms with van der Waals surface area (Å²) >= 11 is 1.43. The van der Waals surface area contributed by atoms with E-state index in [1.54, 1.807) is 6.07 Å². The summed E-state index contributed by atoms with van der Waals surface area (Å²) in [5, 5.41) is 2.41. The molecule has 2 aromatic heterocycles. The molecule has 0 spiro atoms. The van der Waals surface area contributed by atoms with Crippen molar-refractivity contribution in [2.75, 3.05) is 6.79 Å². The van der Waals surface area contributed by atoms with Crippen molar-refractivity contribution in [2.45, 2.75) is 52.2 Å². The fourth-order valence-corrected chi connectivity index (χ4v) is 5.59. The van der Waals surface area contributed by atoms with Crippen LogP contribution in [-0.4, -0.2) is 33.2 Å². The molecule has 1 saturated carbocycles. The molecule has 0 N–H and O–H groups in total. The van der Waals surface area contributed by atoms with Crippen molar-refractivity contribution in [2.24, 2.45) is 11.8 Å². The van der Waals surface area contributed by atoms with Crippen molar-refractivity contribution in [1.29, 1.82) is 0 Å². The molecule has 1 fully saturated rings. The van der Waals surface area contributed by atoms with Gasteiger partial charge < -0.3 is 14.4 Å². The van der Waals surface area contributed by atoms with E-state index in [0.717, 1.165) is 24.2 Å². The molecule has 2 aliphatic rings. The third-order valence-corrected chi connectivity index (χ3v) is 7.75. The highest BCUT2D eigenvalue weighted by molar-refractivity contribution is 7.16. The number of hydrogen-bond acceptors (Lipinski definition) is 6. The molecule has 1 amide bonds. The predicted molar refractivity (Wildman–Crippen MR) is 123 cm³/mol. The molecule has 1 aliphatic carbocycles. The number of thiophene rings is 1. The molecule has 1 aromatic carbocycles. The van der Waals surface area contributed by atoms with Gasteiger partial charge in [-0.2, -0.15) is 0 Å². The number of amides is 1. The highest BCUT2D eigenvalue weighted by Crippen LogP contribution is 2.36. The van der Waals surface area contributed by atoms with Gasteiger partial charge in [-0.15, -0.1) is 11.3 Å². The second-order valence-electron chi connectivity index (χ2n) is 8.86. The first kappa shape index (κ1) is 21.0. The molecule has 5 rings (SSSR count). The molecule has 0 saturated heterocycles. The number of fused-ring (bicyclic) bond motifs is 2. The Labute approximate surface area is 190 Å². The Morgan fingerprint density at radius 1 is 1.22 bits per heavy atom. The minimum Gasteiger partial charge on any atom is -0.454 e. The van der Waals surface area contributed by atoms with Crippen LogP contribution in [0.4, 0.5) is 0 Å². The van der Waals surface area contributed by atoms with Crippen molar-refractivity contribution in [3.8, 4) is 11.5 Å². The summed E-state index contributed by atoms with van der Waals surface area (Å²) in [6.07, 6.45) is 4.74. The maximum atomic E-state index is 13.6. The predicted octanol–water partition coefficient (Wildman–Crippen LogP) is 4.04. The average molecular weight is 454 g/mol. The first-order chi connectivity index (χ1) is 15.5. The number of nitrogens with zero attached hydrogens (tertiary/aromatic N) is 3. The number of hydrogen-bond donors (Lipinski definition) is 0. The topological polar surface area (TPSA) is 73.7 Å². The van der Waals surface area contributed by atoms with Gasteiger partial charge in [0.15, 0.2) is 11.5 Å². The van der Waals surface area contributed by atoms with E-state index >= 15 is 0 Å².